The molecule has 1 rings (SSSR count). The number of thioether (sulfide) groups is 1. The summed E-state index contributed by atoms with van der Waals surface area (Å²) < 4.78 is 4.30. The number of hydrogen-bond donors (Lipinski definition) is 2. The molecule has 0 aromatic carbocycles. The zero-order valence-corrected chi connectivity index (χ0v) is 9.76. The zero-order valence-electron chi connectivity index (χ0n) is 8.94. The molecule has 0 spiro atoms. The van der Waals surface area contributed by atoms with Gasteiger partial charge >= 0.3 is 5.97 Å². The van der Waals surface area contributed by atoms with Crippen molar-refractivity contribution in [2.24, 2.45) is 0 Å². The van der Waals surface area contributed by atoms with E-state index in [9.17, 15) is 9.90 Å². The molecule has 0 amide bonds. The first kappa shape index (κ1) is 12.8. The molecule has 0 radical (unpaired) electrons. The number of carboxylic acids is 1. The first-order valence-electron chi connectivity index (χ1n) is 5.24. The van der Waals surface area contributed by atoms with Gasteiger partial charge in [-0.2, -0.15) is 0 Å². The molecular weight excluding hydrogens is 216 g/mol. The summed E-state index contributed by atoms with van der Waals surface area (Å²) in [5.41, 5.74) is 0. The van der Waals surface area contributed by atoms with Crippen LogP contribution >= 0.6 is 11.8 Å². The standard InChI is InChI=1S/C10H18O4S/c1-2-14-7-8(11)6-10(9(12)13)4-3-5-15-10/h8,11H,2-7H2,1H3,(H,12,13). The lowest BCUT2D eigenvalue weighted by Gasteiger charge is -2.25. The van der Waals surface area contributed by atoms with Gasteiger partial charge in [-0.15, -0.1) is 11.8 Å². The lowest BCUT2D eigenvalue weighted by Crippen LogP contribution is -2.37. The molecule has 1 fully saturated rings. The first-order valence-corrected chi connectivity index (χ1v) is 6.22. The van der Waals surface area contributed by atoms with Crippen molar-refractivity contribution in [2.45, 2.75) is 37.0 Å². The van der Waals surface area contributed by atoms with Crippen LogP contribution in [0.5, 0.6) is 0 Å². The summed E-state index contributed by atoms with van der Waals surface area (Å²) in [6.07, 6.45) is 1.17. The van der Waals surface area contributed by atoms with Crippen LogP contribution in [0.2, 0.25) is 0 Å². The second kappa shape index (κ2) is 5.72. The molecule has 2 atom stereocenters. The largest absolute Gasteiger partial charge is 0.480 e. The zero-order chi connectivity index (χ0) is 11.3. The van der Waals surface area contributed by atoms with Gasteiger partial charge in [-0.3, -0.25) is 4.79 Å². The average molecular weight is 234 g/mol. The van der Waals surface area contributed by atoms with Gasteiger partial charge in [0.1, 0.15) is 4.75 Å². The van der Waals surface area contributed by atoms with Gasteiger partial charge in [0.05, 0.1) is 12.7 Å². The maximum Gasteiger partial charge on any atom is 0.319 e. The quantitative estimate of drug-likeness (QED) is 0.721. The van der Waals surface area contributed by atoms with Gasteiger partial charge in [-0.05, 0) is 25.5 Å². The molecule has 1 aliphatic rings. The number of aliphatic carboxylic acids is 1. The highest BCUT2D eigenvalue weighted by atomic mass is 32.2. The van der Waals surface area contributed by atoms with Crippen molar-refractivity contribution in [2.75, 3.05) is 19.0 Å². The van der Waals surface area contributed by atoms with Crippen LogP contribution in [0.4, 0.5) is 0 Å². The van der Waals surface area contributed by atoms with Crippen LogP contribution in [0.3, 0.4) is 0 Å². The predicted octanol–water partition coefficient (Wildman–Crippen LogP) is 1.12. The van der Waals surface area contributed by atoms with E-state index < -0.39 is 16.8 Å². The smallest absolute Gasteiger partial charge is 0.319 e. The molecule has 0 saturated carbocycles. The summed E-state index contributed by atoms with van der Waals surface area (Å²) in [7, 11) is 0. The lowest BCUT2D eigenvalue weighted by molar-refractivity contribution is -0.141. The highest BCUT2D eigenvalue weighted by Gasteiger charge is 2.43. The molecule has 2 unspecified atom stereocenters. The number of hydrogen-bond acceptors (Lipinski definition) is 4. The summed E-state index contributed by atoms with van der Waals surface area (Å²) in [5, 5.41) is 18.8. The molecule has 2 N–H and O–H groups in total. The Labute approximate surface area is 94.0 Å². The van der Waals surface area contributed by atoms with E-state index in [0.29, 0.717) is 13.0 Å². The van der Waals surface area contributed by atoms with Gasteiger partial charge in [0.25, 0.3) is 0 Å². The molecule has 88 valence electrons. The maximum atomic E-state index is 11.2. The van der Waals surface area contributed by atoms with Crippen LogP contribution in [0, 0.1) is 0 Å². The van der Waals surface area contributed by atoms with E-state index in [1.165, 1.54) is 11.8 Å². The Kier molecular flexibility index (Phi) is 4.89. The van der Waals surface area contributed by atoms with Crippen LogP contribution in [-0.2, 0) is 9.53 Å². The third-order valence-electron chi connectivity index (χ3n) is 2.57. The van der Waals surface area contributed by atoms with Crippen LogP contribution in [0.25, 0.3) is 0 Å². The van der Waals surface area contributed by atoms with E-state index in [2.05, 4.69) is 0 Å². The van der Waals surface area contributed by atoms with Crippen LogP contribution < -0.4 is 0 Å². The second-order valence-corrected chi connectivity index (χ2v) is 5.25. The van der Waals surface area contributed by atoms with Gasteiger partial charge < -0.3 is 14.9 Å². The van der Waals surface area contributed by atoms with Crippen molar-refractivity contribution in [3.8, 4) is 0 Å². The normalized spacial score (nSPS) is 27.9. The minimum Gasteiger partial charge on any atom is -0.480 e. The van der Waals surface area contributed by atoms with E-state index in [-0.39, 0.29) is 13.0 Å². The van der Waals surface area contributed by atoms with Crippen molar-refractivity contribution in [3.63, 3.8) is 0 Å². The highest BCUT2D eigenvalue weighted by molar-refractivity contribution is 8.01. The fourth-order valence-corrected chi connectivity index (χ4v) is 3.21. The van der Waals surface area contributed by atoms with Crippen molar-refractivity contribution in [3.05, 3.63) is 0 Å². The van der Waals surface area contributed by atoms with E-state index in [0.717, 1.165) is 12.2 Å². The Morgan fingerprint density at radius 3 is 2.87 bits per heavy atom. The summed E-state index contributed by atoms with van der Waals surface area (Å²) >= 11 is 1.44. The Bertz CT molecular complexity index is 213. The summed E-state index contributed by atoms with van der Waals surface area (Å²) in [5.74, 6) is 0.0637. The predicted molar refractivity (Wildman–Crippen MR) is 59.2 cm³/mol. The Morgan fingerprint density at radius 1 is 1.67 bits per heavy atom. The van der Waals surface area contributed by atoms with E-state index in [1.54, 1.807) is 0 Å². The first-order chi connectivity index (χ1) is 7.10. The number of aliphatic hydroxyl groups excluding tert-OH is 1. The monoisotopic (exact) mass is 234 g/mol. The van der Waals surface area contributed by atoms with Crippen molar-refractivity contribution >= 4 is 17.7 Å². The SMILES string of the molecule is CCOCC(O)CC1(C(=O)O)CCCS1. The van der Waals surface area contributed by atoms with Gasteiger partial charge in [0, 0.05) is 13.0 Å². The molecule has 0 bridgehead atoms. The van der Waals surface area contributed by atoms with Crippen LogP contribution in [0.1, 0.15) is 26.2 Å². The molecule has 1 aliphatic heterocycles. The van der Waals surface area contributed by atoms with Gasteiger partial charge in [0.15, 0.2) is 0 Å². The molecule has 0 aliphatic carbocycles. The maximum absolute atomic E-state index is 11.2. The molecule has 1 heterocycles. The topological polar surface area (TPSA) is 66.8 Å². The number of carboxylic acid groups (broad SMARTS) is 1. The molecule has 4 nitrogen and oxygen atoms in total. The third kappa shape index (κ3) is 3.36. The fraction of sp³-hybridized carbons (Fsp3) is 0.900. The summed E-state index contributed by atoms with van der Waals surface area (Å²) in [6.45, 7) is 2.63. The van der Waals surface area contributed by atoms with E-state index in [4.69, 9.17) is 9.84 Å². The summed E-state index contributed by atoms with van der Waals surface area (Å²) in [6, 6.07) is 0. The average Bonchev–Trinajstić information content (AvgIpc) is 2.64. The highest BCUT2D eigenvalue weighted by Crippen LogP contribution is 2.42. The number of ether oxygens (including phenoxy) is 1. The minimum absolute atomic E-state index is 0.228. The molecule has 1 saturated heterocycles. The molecule has 5 heteroatoms. The van der Waals surface area contributed by atoms with E-state index in [1.807, 2.05) is 6.92 Å². The van der Waals surface area contributed by atoms with Crippen molar-refractivity contribution in [1.29, 1.82) is 0 Å². The fourth-order valence-electron chi connectivity index (χ4n) is 1.81. The number of rotatable bonds is 6. The van der Waals surface area contributed by atoms with Gasteiger partial charge in [-0.25, -0.2) is 0 Å². The Hall–Kier alpha value is -0.260. The van der Waals surface area contributed by atoms with Crippen molar-refractivity contribution < 1.29 is 19.7 Å². The minimum atomic E-state index is -0.805. The Balaban J connectivity index is 2.48. The summed E-state index contributed by atoms with van der Waals surface area (Å²) in [4.78, 5) is 11.2. The third-order valence-corrected chi connectivity index (χ3v) is 4.16. The molecule has 0 aromatic heterocycles. The number of carbonyl (C=O) groups is 1. The van der Waals surface area contributed by atoms with E-state index >= 15 is 0 Å². The van der Waals surface area contributed by atoms with Gasteiger partial charge in [0.2, 0.25) is 0 Å². The molecule has 15 heavy (non-hydrogen) atoms. The van der Waals surface area contributed by atoms with Crippen LogP contribution in [0.15, 0.2) is 0 Å². The second-order valence-electron chi connectivity index (χ2n) is 3.77. The number of aliphatic hydroxyl groups is 1. The molecule has 0 aromatic rings. The van der Waals surface area contributed by atoms with Crippen LogP contribution in [-0.4, -0.2) is 46.0 Å². The molecular formula is C10H18O4S. The lowest BCUT2D eigenvalue weighted by atomic mass is 9.96. The van der Waals surface area contributed by atoms with Gasteiger partial charge in [-0.1, -0.05) is 0 Å². The van der Waals surface area contributed by atoms with Crippen molar-refractivity contribution in [1.82, 2.24) is 0 Å². The Morgan fingerprint density at radius 2 is 2.40 bits per heavy atom.